The van der Waals surface area contributed by atoms with E-state index in [1.165, 1.54) is 24.8 Å². The largest absolute Gasteiger partial charge is 0.419 e. The van der Waals surface area contributed by atoms with Crippen LogP contribution in [0.4, 0.5) is 0 Å². The fraction of sp³-hybridized carbons (Fsp3) is 0.562. The lowest BCUT2D eigenvalue weighted by Gasteiger charge is -2.23. The zero-order chi connectivity index (χ0) is 13.9. The van der Waals surface area contributed by atoms with Crippen molar-refractivity contribution in [2.24, 2.45) is 0 Å². The van der Waals surface area contributed by atoms with Crippen LogP contribution >= 0.6 is 0 Å². The molecule has 108 valence electrons. The Balaban J connectivity index is 1.85. The lowest BCUT2D eigenvalue weighted by molar-refractivity contribution is 0.399. The van der Waals surface area contributed by atoms with Crippen molar-refractivity contribution in [1.29, 1.82) is 0 Å². The molecule has 1 N–H and O–H groups in total. The van der Waals surface area contributed by atoms with Gasteiger partial charge in [0.25, 0.3) is 0 Å². The minimum Gasteiger partial charge on any atom is -0.408 e. The monoisotopic (exact) mass is 274 g/mol. The number of aromatic nitrogens is 1. The summed E-state index contributed by atoms with van der Waals surface area (Å²) in [5.74, 6) is -0.241. The smallest absolute Gasteiger partial charge is 0.408 e. The van der Waals surface area contributed by atoms with Gasteiger partial charge in [0.05, 0.1) is 5.52 Å². The molecule has 0 amide bonds. The third-order valence-electron chi connectivity index (χ3n) is 4.07. The van der Waals surface area contributed by atoms with Gasteiger partial charge in [0, 0.05) is 12.6 Å². The van der Waals surface area contributed by atoms with Crippen LogP contribution in [0.25, 0.3) is 11.1 Å². The summed E-state index contributed by atoms with van der Waals surface area (Å²) < 4.78 is 7.09. The van der Waals surface area contributed by atoms with E-state index in [4.69, 9.17) is 4.42 Å². The van der Waals surface area contributed by atoms with Gasteiger partial charge in [-0.3, -0.25) is 4.57 Å². The number of piperidine rings is 1. The number of benzene rings is 1. The first-order valence-electron chi connectivity index (χ1n) is 7.63. The minimum atomic E-state index is -0.241. The highest BCUT2D eigenvalue weighted by Crippen LogP contribution is 2.18. The van der Waals surface area contributed by atoms with Crippen LogP contribution in [0.1, 0.15) is 38.2 Å². The number of hydrogen-bond donors (Lipinski definition) is 1. The highest BCUT2D eigenvalue weighted by Gasteiger charge is 2.14. The van der Waals surface area contributed by atoms with Crippen LogP contribution in [0.5, 0.6) is 0 Å². The molecule has 1 saturated heterocycles. The molecule has 2 heterocycles. The molecule has 1 aromatic carbocycles. The summed E-state index contributed by atoms with van der Waals surface area (Å²) in [5, 5.41) is 3.55. The molecule has 20 heavy (non-hydrogen) atoms. The standard InChI is InChI=1S/C16H22N2O2/c1-2-9-18-14-7-6-12(11-15(14)20-16(18)19)10-13-5-3-4-8-17-13/h6-7,11,13,17H,2-5,8-10H2,1H3. The fourth-order valence-corrected chi connectivity index (χ4v) is 3.06. The minimum absolute atomic E-state index is 0.241. The summed E-state index contributed by atoms with van der Waals surface area (Å²) >= 11 is 0. The van der Waals surface area contributed by atoms with Gasteiger partial charge in [-0.15, -0.1) is 0 Å². The third-order valence-corrected chi connectivity index (χ3v) is 4.07. The Kier molecular flexibility index (Phi) is 3.92. The number of hydrogen-bond acceptors (Lipinski definition) is 3. The van der Waals surface area contributed by atoms with Crippen LogP contribution in [-0.4, -0.2) is 17.2 Å². The maximum atomic E-state index is 11.8. The Morgan fingerprint density at radius 2 is 2.30 bits per heavy atom. The van der Waals surface area contributed by atoms with Crippen molar-refractivity contribution in [3.8, 4) is 0 Å². The maximum absolute atomic E-state index is 11.8. The van der Waals surface area contributed by atoms with Crippen molar-refractivity contribution in [2.45, 2.75) is 51.6 Å². The number of nitrogens with one attached hydrogen (secondary N) is 1. The van der Waals surface area contributed by atoms with Crippen molar-refractivity contribution in [2.75, 3.05) is 6.54 Å². The fourth-order valence-electron chi connectivity index (χ4n) is 3.06. The maximum Gasteiger partial charge on any atom is 0.419 e. The molecule has 0 saturated carbocycles. The average Bonchev–Trinajstić information content (AvgIpc) is 2.76. The summed E-state index contributed by atoms with van der Waals surface area (Å²) in [7, 11) is 0. The summed E-state index contributed by atoms with van der Waals surface area (Å²) in [6.45, 7) is 3.90. The van der Waals surface area contributed by atoms with Crippen LogP contribution in [0.15, 0.2) is 27.4 Å². The molecule has 1 unspecified atom stereocenters. The second kappa shape index (κ2) is 5.83. The molecule has 0 bridgehead atoms. The average molecular weight is 274 g/mol. The Bertz CT molecular complexity index is 635. The number of fused-ring (bicyclic) bond motifs is 1. The molecule has 4 heteroatoms. The van der Waals surface area contributed by atoms with Gasteiger partial charge in [-0.1, -0.05) is 19.4 Å². The Labute approximate surface area is 118 Å². The van der Waals surface area contributed by atoms with Crippen molar-refractivity contribution >= 4 is 11.1 Å². The Hall–Kier alpha value is -1.55. The van der Waals surface area contributed by atoms with Gasteiger partial charge < -0.3 is 9.73 Å². The van der Waals surface area contributed by atoms with E-state index in [0.29, 0.717) is 6.04 Å². The van der Waals surface area contributed by atoms with E-state index in [0.717, 1.165) is 37.0 Å². The number of nitrogens with zero attached hydrogens (tertiary/aromatic N) is 1. The van der Waals surface area contributed by atoms with E-state index in [2.05, 4.69) is 18.3 Å². The van der Waals surface area contributed by atoms with Crippen LogP contribution in [0.2, 0.25) is 0 Å². The summed E-state index contributed by atoms with van der Waals surface area (Å²) in [6, 6.07) is 6.73. The van der Waals surface area contributed by atoms with Crippen LogP contribution in [0.3, 0.4) is 0 Å². The molecule has 0 radical (unpaired) electrons. The molecule has 1 fully saturated rings. The topological polar surface area (TPSA) is 47.2 Å². The molecule has 0 spiro atoms. The predicted molar refractivity (Wildman–Crippen MR) is 80.1 cm³/mol. The molecule has 2 aromatic rings. The highest BCUT2D eigenvalue weighted by atomic mass is 16.4. The van der Waals surface area contributed by atoms with E-state index in [-0.39, 0.29) is 5.76 Å². The van der Waals surface area contributed by atoms with Gasteiger partial charge in [0.2, 0.25) is 0 Å². The SMILES string of the molecule is CCCn1c(=O)oc2cc(CC3CCCCN3)ccc21. The van der Waals surface area contributed by atoms with Gasteiger partial charge in [-0.05, 0) is 49.9 Å². The molecule has 0 aliphatic carbocycles. The lowest BCUT2D eigenvalue weighted by atomic mass is 9.98. The van der Waals surface area contributed by atoms with E-state index in [9.17, 15) is 4.79 Å². The summed E-state index contributed by atoms with van der Waals surface area (Å²) in [6.07, 6.45) is 5.77. The van der Waals surface area contributed by atoms with Crippen molar-refractivity contribution in [3.05, 3.63) is 34.3 Å². The van der Waals surface area contributed by atoms with Crippen LogP contribution < -0.4 is 11.1 Å². The van der Waals surface area contributed by atoms with Gasteiger partial charge in [0.1, 0.15) is 0 Å². The van der Waals surface area contributed by atoms with Crippen LogP contribution in [0, 0.1) is 0 Å². The van der Waals surface area contributed by atoms with Crippen molar-refractivity contribution in [3.63, 3.8) is 0 Å². The predicted octanol–water partition coefficient (Wildman–Crippen LogP) is 2.69. The molecule has 1 atom stereocenters. The number of aryl methyl sites for hydroxylation is 1. The first kappa shape index (κ1) is 13.4. The van der Waals surface area contributed by atoms with Gasteiger partial charge in [-0.2, -0.15) is 0 Å². The molecular weight excluding hydrogens is 252 g/mol. The second-order valence-electron chi connectivity index (χ2n) is 5.67. The summed E-state index contributed by atoms with van der Waals surface area (Å²) in [4.78, 5) is 11.8. The van der Waals surface area contributed by atoms with E-state index < -0.39 is 0 Å². The molecule has 3 rings (SSSR count). The number of oxazole rings is 1. The number of rotatable bonds is 4. The van der Waals surface area contributed by atoms with E-state index >= 15 is 0 Å². The zero-order valence-electron chi connectivity index (χ0n) is 12.0. The zero-order valence-corrected chi connectivity index (χ0v) is 12.0. The lowest BCUT2D eigenvalue weighted by Crippen LogP contribution is -2.35. The van der Waals surface area contributed by atoms with Crippen molar-refractivity contribution < 1.29 is 4.42 Å². The van der Waals surface area contributed by atoms with E-state index in [1.54, 1.807) is 4.57 Å². The van der Waals surface area contributed by atoms with Crippen LogP contribution in [-0.2, 0) is 13.0 Å². The quantitative estimate of drug-likeness (QED) is 0.932. The molecule has 1 aliphatic rings. The molecule has 1 aliphatic heterocycles. The summed E-state index contributed by atoms with van der Waals surface area (Å²) in [5.41, 5.74) is 2.88. The first-order chi connectivity index (χ1) is 9.78. The first-order valence-corrected chi connectivity index (χ1v) is 7.63. The normalized spacial score (nSPS) is 19.6. The molecular formula is C16H22N2O2. The Morgan fingerprint density at radius 1 is 1.40 bits per heavy atom. The van der Waals surface area contributed by atoms with Gasteiger partial charge in [-0.25, -0.2) is 4.79 Å². The highest BCUT2D eigenvalue weighted by molar-refractivity contribution is 5.73. The van der Waals surface area contributed by atoms with E-state index in [1.807, 2.05) is 12.1 Å². The van der Waals surface area contributed by atoms with Gasteiger partial charge >= 0.3 is 5.76 Å². The second-order valence-corrected chi connectivity index (χ2v) is 5.67. The van der Waals surface area contributed by atoms with Crippen molar-refractivity contribution in [1.82, 2.24) is 9.88 Å². The molecule has 4 nitrogen and oxygen atoms in total. The third kappa shape index (κ3) is 2.66. The van der Waals surface area contributed by atoms with Gasteiger partial charge in [0.15, 0.2) is 5.58 Å². The Morgan fingerprint density at radius 3 is 3.05 bits per heavy atom. The molecule has 1 aromatic heterocycles.